The van der Waals surface area contributed by atoms with Gasteiger partial charge in [0.2, 0.25) is 0 Å². The minimum Gasteiger partial charge on any atom is -0.497 e. The van der Waals surface area contributed by atoms with Crippen molar-refractivity contribution in [3.8, 4) is 5.75 Å². The summed E-state index contributed by atoms with van der Waals surface area (Å²) in [7, 11) is 1.61. The number of methoxy groups -OCH3 is 1. The predicted octanol–water partition coefficient (Wildman–Crippen LogP) is 4.37. The fourth-order valence-corrected chi connectivity index (χ4v) is 5.70. The fourth-order valence-electron chi connectivity index (χ4n) is 4.60. The number of benzene rings is 1. The number of ether oxygens (including phenoxy) is 1. The summed E-state index contributed by atoms with van der Waals surface area (Å²) < 4.78 is 5.35. The highest BCUT2D eigenvalue weighted by Crippen LogP contribution is 2.40. The van der Waals surface area contributed by atoms with Gasteiger partial charge in [-0.1, -0.05) is 11.6 Å². The van der Waals surface area contributed by atoms with Crippen LogP contribution in [-0.2, 0) is 0 Å². The molecule has 182 valence electrons. The zero-order valence-corrected chi connectivity index (χ0v) is 20.9. The van der Waals surface area contributed by atoms with Crippen LogP contribution < -0.4 is 4.74 Å². The van der Waals surface area contributed by atoms with Crippen molar-refractivity contribution in [2.24, 2.45) is 5.41 Å². The largest absolute Gasteiger partial charge is 0.497 e. The predicted molar refractivity (Wildman–Crippen MR) is 135 cm³/mol. The van der Waals surface area contributed by atoms with E-state index >= 15 is 0 Å². The number of hydrogen-bond acceptors (Lipinski definition) is 8. The molecule has 1 aliphatic rings. The highest BCUT2D eigenvalue weighted by molar-refractivity contribution is 7.99. The number of thioether (sulfide) groups is 1. The average molecular weight is 503 g/mol. The van der Waals surface area contributed by atoms with Gasteiger partial charge in [-0.3, -0.25) is 9.97 Å². The van der Waals surface area contributed by atoms with E-state index in [-0.39, 0.29) is 12.0 Å². The van der Waals surface area contributed by atoms with Gasteiger partial charge in [-0.2, -0.15) is 0 Å². The SMILES string of the molecule is COc1ccc2ncc(Cl)c([C@H](O)CCC3(CO)CCN(CCSc4cnccn4)CC3)c2c1. The first-order chi connectivity index (χ1) is 16.5. The number of rotatable bonds is 10. The lowest BCUT2D eigenvalue weighted by Crippen LogP contribution is -2.43. The molecule has 2 N–H and O–H groups in total. The number of likely N-dealkylation sites (tertiary alicyclic amines) is 1. The molecule has 0 bridgehead atoms. The van der Waals surface area contributed by atoms with Crippen molar-refractivity contribution in [3.05, 3.63) is 53.6 Å². The van der Waals surface area contributed by atoms with Gasteiger partial charge < -0.3 is 19.8 Å². The normalized spacial score (nSPS) is 17.1. The third kappa shape index (κ3) is 5.98. The van der Waals surface area contributed by atoms with Crippen LogP contribution in [0.3, 0.4) is 0 Å². The summed E-state index contributed by atoms with van der Waals surface area (Å²) in [5, 5.41) is 23.6. The first-order valence-electron chi connectivity index (χ1n) is 11.6. The van der Waals surface area contributed by atoms with Crippen molar-refractivity contribution < 1.29 is 14.9 Å². The summed E-state index contributed by atoms with van der Waals surface area (Å²) in [5.41, 5.74) is 1.27. The zero-order chi connectivity index (χ0) is 24.0. The van der Waals surface area contributed by atoms with Gasteiger partial charge in [-0.05, 0) is 62.4 Å². The topological polar surface area (TPSA) is 91.6 Å². The molecule has 3 heterocycles. The maximum absolute atomic E-state index is 11.1. The highest BCUT2D eigenvalue weighted by atomic mass is 35.5. The lowest BCUT2D eigenvalue weighted by molar-refractivity contribution is 0.0254. The molecule has 0 radical (unpaired) electrons. The van der Waals surface area contributed by atoms with Crippen LogP contribution in [0, 0.1) is 5.41 Å². The maximum atomic E-state index is 11.1. The van der Waals surface area contributed by atoms with E-state index in [2.05, 4.69) is 19.9 Å². The number of aliphatic hydroxyl groups is 2. The molecule has 2 aromatic heterocycles. The Bertz CT molecular complexity index is 1080. The highest BCUT2D eigenvalue weighted by Gasteiger charge is 2.34. The third-order valence-corrected chi connectivity index (χ3v) is 7.99. The van der Waals surface area contributed by atoms with Crippen LogP contribution in [0.15, 0.2) is 48.0 Å². The number of piperidine rings is 1. The Kier molecular flexibility index (Phi) is 8.60. The second-order valence-electron chi connectivity index (χ2n) is 8.85. The second-order valence-corrected chi connectivity index (χ2v) is 10.4. The third-order valence-electron chi connectivity index (χ3n) is 6.80. The van der Waals surface area contributed by atoms with E-state index in [1.807, 2.05) is 18.2 Å². The number of pyridine rings is 1. The number of nitrogens with zero attached hydrogens (tertiary/aromatic N) is 4. The van der Waals surface area contributed by atoms with Crippen LogP contribution in [0.2, 0.25) is 5.02 Å². The first kappa shape index (κ1) is 25.1. The molecule has 1 atom stereocenters. The summed E-state index contributed by atoms with van der Waals surface area (Å²) in [6.07, 6.45) is 9.11. The number of aromatic nitrogens is 3. The first-order valence-corrected chi connectivity index (χ1v) is 12.9. The Balaban J connectivity index is 1.34. The molecule has 0 spiro atoms. The minimum atomic E-state index is -0.741. The number of hydrogen-bond donors (Lipinski definition) is 2. The monoisotopic (exact) mass is 502 g/mol. The molecule has 9 heteroatoms. The summed E-state index contributed by atoms with van der Waals surface area (Å²) >= 11 is 8.18. The molecular formula is C25H31ClN4O3S. The maximum Gasteiger partial charge on any atom is 0.119 e. The van der Waals surface area contributed by atoms with Crippen LogP contribution in [0.1, 0.15) is 37.4 Å². The standard InChI is InChI=1S/C25H31ClN4O3S/c1-33-18-2-3-21-19(14-18)24(20(26)15-29-21)22(32)4-5-25(17-31)6-10-30(11-7-25)12-13-34-23-16-27-8-9-28-23/h2-3,8-9,14-16,22,31-32H,4-7,10-13,17H2,1H3/t22-/m1/s1. The van der Waals surface area contributed by atoms with Crippen molar-refractivity contribution in [1.29, 1.82) is 0 Å². The van der Waals surface area contributed by atoms with Crippen molar-refractivity contribution in [1.82, 2.24) is 19.9 Å². The van der Waals surface area contributed by atoms with Crippen LogP contribution in [0.4, 0.5) is 0 Å². The van der Waals surface area contributed by atoms with Gasteiger partial charge in [0.1, 0.15) is 10.8 Å². The summed E-state index contributed by atoms with van der Waals surface area (Å²) in [5.74, 6) is 1.65. The number of halogens is 1. The van der Waals surface area contributed by atoms with Crippen LogP contribution >= 0.6 is 23.4 Å². The summed E-state index contributed by atoms with van der Waals surface area (Å²) in [6.45, 7) is 2.98. The lowest BCUT2D eigenvalue weighted by atomic mass is 9.74. The molecule has 4 rings (SSSR count). The minimum absolute atomic E-state index is 0.126. The van der Waals surface area contributed by atoms with Gasteiger partial charge in [0.15, 0.2) is 0 Å². The molecule has 34 heavy (non-hydrogen) atoms. The van der Waals surface area contributed by atoms with Gasteiger partial charge in [0.05, 0.1) is 29.9 Å². The Morgan fingerprint density at radius 1 is 1.21 bits per heavy atom. The van der Waals surface area contributed by atoms with Gasteiger partial charge in [-0.25, -0.2) is 4.98 Å². The van der Waals surface area contributed by atoms with Crippen molar-refractivity contribution in [3.63, 3.8) is 0 Å². The van der Waals surface area contributed by atoms with Crippen LogP contribution in [-0.4, -0.2) is 69.2 Å². The van der Waals surface area contributed by atoms with E-state index in [1.54, 1.807) is 43.7 Å². The van der Waals surface area contributed by atoms with E-state index in [0.29, 0.717) is 22.8 Å². The van der Waals surface area contributed by atoms with Gasteiger partial charge in [0.25, 0.3) is 0 Å². The molecule has 0 unspecified atom stereocenters. The molecule has 0 saturated carbocycles. The van der Waals surface area contributed by atoms with Crippen molar-refractivity contribution in [2.75, 3.05) is 39.1 Å². The molecule has 3 aromatic rings. The Morgan fingerprint density at radius 2 is 2.03 bits per heavy atom. The van der Waals surface area contributed by atoms with Crippen LogP contribution in [0.5, 0.6) is 5.75 Å². The fraction of sp³-hybridized carbons (Fsp3) is 0.480. The molecule has 7 nitrogen and oxygen atoms in total. The number of fused-ring (bicyclic) bond motifs is 1. The van der Waals surface area contributed by atoms with E-state index in [4.69, 9.17) is 16.3 Å². The quantitative estimate of drug-likeness (QED) is 0.395. The number of aliphatic hydroxyl groups excluding tert-OH is 2. The molecule has 0 aliphatic carbocycles. The molecular weight excluding hydrogens is 472 g/mol. The van der Waals surface area contributed by atoms with Crippen molar-refractivity contribution >= 4 is 34.3 Å². The molecule has 0 amide bonds. The molecule has 1 aromatic carbocycles. The van der Waals surface area contributed by atoms with Gasteiger partial charge in [0, 0.05) is 48.4 Å². The Morgan fingerprint density at radius 3 is 2.74 bits per heavy atom. The molecule has 1 saturated heterocycles. The smallest absolute Gasteiger partial charge is 0.119 e. The average Bonchev–Trinajstić information content (AvgIpc) is 2.88. The van der Waals surface area contributed by atoms with E-state index in [0.717, 1.165) is 60.6 Å². The van der Waals surface area contributed by atoms with Gasteiger partial charge >= 0.3 is 0 Å². The Hall–Kier alpha value is -1.97. The zero-order valence-electron chi connectivity index (χ0n) is 19.4. The molecule has 1 fully saturated rings. The van der Waals surface area contributed by atoms with Crippen molar-refractivity contribution in [2.45, 2.75) is 36.8 Å². The summed E-state index contributed by atoms with van der Waals surface area (Å²) in [4.78, 5) is 15.2. The summed E-state index contributed by atoms with van der Waals surface area (Å²) in [6, 6.07) is 5.58. The second kappa shape index (κ2) is 11.6. The Labute approximate surface area is 209 Å². The van der Waals surface area contributed by atoms with Crippen LogP contribution in [0.25, 0.3) is 10.9 Å². The van der Waals surface area contributed by atoms with E-state index in [9.17, 15) is 10.2 Å². The molecule has 1 aliphatic heterocycles. The van der Waals surface area contributed by atoms with E-state index < -0.39 is 6.10 Å². The van der Waals surface area contributed by atoms with Gasteiger partial charge in [-0.15, -0.1) is 11.8 Å². The lowest BCUT2D eigenvalue weighted by Gasteiger charge is -2.41. The van der Waals surface area contributed by atoms with E-state index in [1.165, 1.54) is 0 Å².